The minimum absolute atomic E-state index is 0.107. The van der Waals surface area contributed by atoms with Crippen molar-refractivity contribution in [1.82, 2.24) is 9.97 Å². The lowest BCUT2D eigenvalue weighted by Crippen LogP contribution is -2.40. The number of amides is 3. The number of benzene rings is 6. The van der Waals surface area contributed by atoms with Gasteiger partial charge in [0, 0.05) is 22.2 Å². The van der Waals surface area contributed by atoms with Gasteiger partial charge in [0.1, 0.15) is 0 Å². The Kier molecular flexibility index (Phi) is 8.56. The van der Waals surface area contributed by atoms with Gasteiger partial charge in [-0.05, 0) is 65.0 Å². The highest BCUT2D eigenvalue weighted by Crippen LogP contribution is 2.43. The molecule has 0 aliphatic carbocycles. The van der Waals surface area contributed by atoms with Crippen LogP contribution in [0.2, 0.25) is 0 Å². The first-order valence-corrected chi connectivity index (χ1v) is 19.9. The third kappa shape index (κ3) is 6.15. The molecule has 0 spiro atoms. The van der Waals surface area contributed by atoms with Gasteiger partial charge in [-0.2, -0.15) is 0 Å². The Labute approximate surface area is 314 Å². The molecule has 0 saturated heterocycles. The summed E-state index contributed by atoms with van der Waals surface area (Å²) in [6.45, 7) is 0. The lowest BCUT2D eigenvalue weighted by Gasteiger charge is -2.27. The third-order valence-corrected chi connectivity index (χ3v) is 13.4. The fourth-order valence-electron chi connectivity index (χ4n) is 6.40. The molecule has 2 aromatic heterocycles. The zero-order chi connectivity index (χ0) is 35.2. The molecule has 0 saturated carbocycles. The Morgan fingerprint density at radius 2 is 1.27 bits per heavy atom. The van der Waals surface area contributed by atoms with E-state index in [0.717, 1.165) is 34.5 Å². The molecule has 1 aliphatic rings. The molecule has 3 heterocycles. The van der Waals surface area contributed by atoms with Crippen molar-refractivity contribution in [2.75, 3.05) is 16.0 Å². The Morgan fingerprint density at radius 3 is 1.94 bits per heavy atom. The van der Waals surface area contributed by atoms with Gasteiger partial charge < -0.3 is 5.32 Å². The molecule has 1 aliphatic heterocycles. The van der Waals surface area contributed by atoms with Gasteiger partial charge in [-0.15, -0.1) is 22.7 Å². The molecule has 9 rings (SSSR count). The van der Waals surface area contributed by atoms with Crippen LogP contribution in [0.1, 0.15) is 37.1 Å². The van der Waals surface area contributed by atoms with Crippen molar-refractivity contribution < 1.29 is 14.4 Å². The van der Waals surface area contributed by atoms with E-state index in [-0.39, 0.29) is 28.7 Å². The van der Waals surface area contributed by atoms with Gasteiger partial charge in [0.2, 0.25) is 5.91 Å². The van der Waals surface area contributed by atoms with Crippen LogP contribution in [-0.4, -0.2) is 33.4 Å². The van der Waals surface area contributed by atoms with E-state index in [0.29, 0.717) is 27.9 Å². The minimum atomic E-state index is -0.348. The molecule has 8 aromatic rings. The molecule has 0 radical (unpaired) electrons. The van der Waals surface area contributed by atoms with E-state index < -0.39 is 0 Å². The number of nitrogens with one attached hydrogen (secondary N) is 1. The SMILES string of the molecule is O=C(CSc1nc2ccc(N3C(=O)c4cccc5cccc(c45)C3=O)cc2s1)Nc1ccc2nc(SC(c3ccccc3)c3ccccc3)sc2c1. The van der Waals surface area contributed by atoms with Crippen molar-refractivity contribution in [3.05, 3.63) is 156 Å². The molecule has 252 valence electrons. The van der Waals surface area contributed by atoms with Gasteiger partial charge in [-0.25, -0.2) is 14.9 Å². The molecule has 52 heavy (non-hydrogen) atoms. The number of hydrogen-bond donors (Lipinski definition) is 1. The minimum Gasteiger partial charge on any atom is -0.325 e. The predicted molar refractivity (Wildman–Crippen MR) is 214 cm³/mol. The highest BCUT2D eigenvalue weighted by molar-refractivity contribution is 8.02. The van der Waals surface area contributed by atoms with Gasteiger partial charge >= 0.3 is 0 Å². The predicted octanol–water partition coefficient (Wildman–Crippen LogP) is 10.5. The van der Waals surface area contributed by atoms with Gasteiger partial charge in [0.15, 0.2) is 8.68 Å². The monoisotopic (exact) mass is 750 g/mol. The number of thioether (sulfide) groups is 2. The number of thiazole rings is 2. The number of rotatable bonds is 9. The van der Waals surface area contributed by atoms with E-state index >= 15 is 0 Å². The second-order valence-corrected chi connectivity index (χ2v) is 16.7. The van der Waals surface area contributed by atoms with E-state index in [9.17, 15) is 14.4 Å². The summed E-state index contributed by atoms with van der Waals surface area (Å²) in [6, 6.07) is 43.1. The Morgan fingerprint density at radius 1 is 0.673 bits per heavy atom. The Bertz CT molecular complexity index is 2590. The second kappa shape index (κ2) is 13.7. The first kappa shape index (κ1) is 32.6. The summed E-state index contributed by atoms with van der Waals surface area (Å²) in [5, 5.41) is 4.69. The number of hydrogen-bond acceptors (Lipinski definition) is 9. The van der Waals surface area contributed by atoms with Crippen LogP contribution in [0.4, 0.5) is 11.4 Å². The van der Waals surface area contributed by atoms with Crippen molar-refractivity contribution in [1.29, 1.82) is 0 Å². The average Bonchev–Trinajstić information content (AvgIpc) is 3.79. The molecule has 0 unspecified atom stereocenters. The third-order valence-electron chi connectivity index (χ3n) is 8.78. The van der Waals surface area contributed by atoms with Crippen LogP contribution in [0, 0.1) is 0 Å². The standard InChI is InChI=1S/C41H26N4O3S4/c46-35(42-27-17-19-31-33(21-27)51-41(44-31)52-37(25-9-3-1-4-10-25)26-11-5-2-6-12-26)23-49-40-43-32-20-18-28(22-34(32)50-40)45-38(47)29-15-7-13-24-14-8-16-30(36(24)29)39(45)48/h1-22,37H,23H2,(H,42,46). The average molecular weight is 751 g/mol. The normalized spacial score (nSPS) is 12.8. The zero-order valence-corrected chi connectivity index (χ0v) is 30.5. The summed E-state index contributed by atoms with van der Waals surface area (Å²) in [5.74, 6) is -0.665. The zero-order valence-electron chi connectivity index (χ0n) is 27.2. The molecule has 0 bridgehead atoms. The number of imide groups is 1. The molecule has 0 atom stereocenters. The van der Waals surface area contributed by atoms with E-state index in [4.69, 9.17) is 9.97 Å². The molecule has 11 heteroatoms. The van der Waals surface area contributed by atoms with Crippen LogP contribution >= 0.6 is 46.2 Å². The van der Waals surface area contributed by atoms with Crippen molar-refractivity contribution in [2.45, 2.75) is 13.9 Å². The lowest BCUT2D eigenvalue weighted by atomic mass is 9.94. The second-order valence-electron chi connectivity index (χ2n) is 12.1. The van der Waals surface area contributed by atoms with Crippen LogP contribution < -0.4 is 10.2 Å². The number of aromatic nitrogens is 2. The van der Waals surface area contributed by atoms with Crippen LogP contribution in [0.3, 0.4) is 0 Å². The Balaban J connectivity index is 0.875. The molecule has 6 aromatic carbocycles. The molecule has 1 N–H and O–H groups in total. The fraction of sp³-hybridized carbons (Fsp3) is 0.0488. The molecule has 7 nitrogen and oxygen atoms in total. The van der Waals surface area contributed by atoms with Crippen molar-refractivity contribution in [2.24, 2.45) is 0 Å². The molecular formula is C41H26N4O3S4. The van der Waals surface area contributed by atoms with Crippen LogP contribution in [0.25, 0.3) is 31.2 Å². The van der Waals surface area contributed by atoms with Crippen LogP contribution in [-0.2, 0) is 4.79 Å². The summed E-state index contributed by atoms with van der Waals surface area (Å²) < 4.78 is 3.51. The number of carbonyl (C=O) groups excluding carboxylic acids is 3. The summed E-state index contributed by atoms with van der Waals surface area (Å²) >= 11 is 6.12. The largest absolute Gasteiger partial charge is 0.325 e. The maximum Gasteiger partial charge on any atom is 0.265 e. The molecule has 0 fully saturated rings. The summed E-state index contributed by atoms with van der Waals surface area (Å²) in [7, 11) is 0. The van der Waals surface area contributed by atoms with Crippen LogP contribution in [0.5, 0.6) is 0 Å². The first-order chi connectivity index (χ1) is 25.5. The van der Waals surface area contributed by atoms with E-state index in [1.165, 1.54) is 39.1 Å². The van der Waals surface area contributed by atoms with Gasteiger partial charge in [-0.1, -0.05) is 108 Å². The highest BCUT2D eigenvalue weighted by atomic mass is 32.2. The maximum atomic E-state index is 13.5. The highest BCUT2D eigenvalue weighted by Gasteiger charge is 2.34. The summed E-state index contributed by atoms with van der Waals surface area (Å²) in [4.78, 5) is 51.0. The first-order valence-electron chi connectivity index (χ1n) is 16.4. The maximum absolute atomic E-state index is 13.5. The van der Waals surface area contributed by atoms with Crippen molar-refractivity contribution >= 4 is 106 Å². The van der Waals surface area contributed by atoms with E-state index in [1.54, 1.807) is 41.3 Å². The Hall–Kier alpha value is -5.33. The lowest BCUT2D eigenvalue weighted by molar-refractivity contribution is -0.113. The molecule has 3 amide bonds. The topological polar surface area (TPSA) is 92.3 Å². The van der Waals surface area contributed by atoms with Crippen molar-refractivity contribution in [3.63, 3.8) is 0 Å². The summed E-state index contributed by atoms with van der Waals surface area (Å²) in [6.07, 6.45) is 0. The number of carbonyl (C=O) groups is 3. The summed E-state index contributed by atoms with van der Waals surface area (Å²) in [5.41, 5.74) is 6.28. The van der Waals surface area contributed by atoms with Crippen LogP contribution in [0.15, 0.2) is 142 Å². The fourth-order valence-corrected chi connectivity index (χ4v) is 10.7. The van der Waals surface area contributed by atoms with Gasteiger partial charge in [-0.3, -0.25) is 14.4 Å². The molecular weight excluding hydrogens is 725 g/mol. The van der Waals surface area contributed by atoms with Gasteiger partial charge in [0.25, 0.3) is 11.8 Å². The number of nitrogens with zero attached hydrogens (tertiary/aromatic N) is 3. The van der Waals surface area contributed by atoms with Crippen molar-refractivity contribution in [3.8, 4) is 0 Å². The quantitative estimate of drug-likeness (QED) is 0.116. The van der Waals surface area contributed by atoms with E-state index in [2.05, 4.69) is 53.8 Å². The smallest absolute Gasteiger partial charge is 0.265 e. The van der Waals surface area contributed by atoms with E-state index in [1.807, 2.05) is 66.7 Å². The number of anilines is 2. The number of fused-ring (bicyclic) bond motifs is 2. The van der Waals surface area contributed by atoms with Gasteiger partial charge in [0.05, 0.1) is 37.1 Å².